The van der Waals surface area contributed by atoms with E-state index < -0.39 is 47.9 Å². The van der Waals surface area contributed by atoms with Crippen LogP contribution in [0.4, 0.5) is 34.3 Å². The number of hydrogen-bond donors (Lipinski definition) is 2. The van der Waals surface area contributed by atoms with Crippen LogP contribution >= 0.6 is 11.8 Å². The molecule has 4 atom stereocenters. The van der Waals surface area contributed by atoms with Gasteiger partial charge in [-0.05, 0) is 106 Å². The molecule has 0 radical (unpaired) electrons. The summed E-state index contributed by atoms with van der Waals surface area (Å²) in [5, 5.41) is 4.17. The fourth-order valence-electron chi connectivity index (χ4n) is 9.27. The minimum Gasteiger partial charge on any atom is -0.453 e. The van der Waals surface area contributed by atoms with Crippen molar-refractivity contribution in [3.63, 3.8) is 0 Å². The molecule has 3 aromatic carbocycles. The maximum atomic E-state index is 14.3. The predicted octanol–water partition coefficient (Wildman–Crippen LogP) is 8.98. The lowest BCUT2D eigenvalue weighted by molar-refractivity contribution is -0.274. The lowest BCUT2D eigenvalue weighted by Crippen LogP contribution is -2.54. The van der Waals surface area contributed by atoms with Crippen molar-refractivity contribution < 1.29 is 51.3 Å². The van der Waals surface area contributed by atoms with Crippen molar-refractivity contribution in [3.05, 3.63) is 78.2 Å². The Morgan fingerprint density at radius 1 is 0.971 bits per heavy atom. The first-order valence-electron chi connectivity index (χ1n) is 22.5. The molecule has 362 valence electrons. The number of fused-ring (bicyclic) bond motifs is 3. The molecule has 5 heterocycles. The second kappa shape index (κ2) is 19.3. The molecule has 0 spiro atoms. The first-order valence-corrected chi connectivity index (χ1v) is 22.9. The van der Waals surface area contributed by atoms with Gasteiger partial charge < -0.3 is 43.9 Å². The van der Waals surface area contributed by atoms with Crippen molar-refractivity contribution in [2.75, 3.05) is 55.8 Å². The zero-order valence-corrected chi connectivity index (χ0v) is 39.3. The van der Waals surface area contributed by atoms with E-state index in [2.05, 4.69) is 26.9 Å². The molecule has 3 saturated heterocycles. The van der Waals surface area contributed by atoms with E-state index in [-0.39, 0.29) is 40.6 Å². The van der Waals surface area contributed by atoms with Crippen LogP contribution in [0.15, 0.2) is 66.9 Å². The summed E-state index contributed by atoms with van der Waals surface area (Å²) in [7, 11) is 1.26. The third-order valence-electron chi connectivity index (χ3n) is 12.5. The minimum atomic E-state index is -5.08. The number of nitrogens with zero attached hydrogens (tertiary/aromatic N) is 6. The maximum absolute atomic E-state index is 14.3. The highest BCUT2D eigenvalue weighted by Crippen LogP contribution is 2.41. The number of anilines is 2. The average molecular weight is 963 g/mol. The number of pyridine rings is 1. The van der Waals surface area contributed by atoms with Crippen molar-refractivity contribution in [3.8, 4) is 16.9 Å². The van der Waals surface area contributed by atoms with Crippen molar-refractivity contribution in [1.29, 1.82) is 0 Å². The fraction of sp³-hybridized carbons (Fsp3) is 0.458. The molecule has 2 aromatic heterocycles. The molecule has 20 heteroatoms. The van der Waals surface area contributed by atoms with Crippen LogP contribution in [0.5, 0.6) is 5.75 Å². The van der Waals surface area contributed by atoms with E-state index in [0.717, 1.165) is 11.5 Å². The highest BCUT2D eigenvalue weighted by atomic mass is 35.5. The molecule has 4 amide bonds. The molecule has 16 nitrogen and oxygen atoms in total. The topological polar surface area (TPSA) is 172 Å². The highest BCUT2D eigenvalue weighted by Gasteiger charge is 2.42. The second-order valence-electron chi connectivity index (χ2n) is 18.6. The molecule has 0 aliphatic carbocycles. The number of alkyl halides is 3. The normalized spacial score (nSPS) is 19.8. The SMILES string of the molecule is COC(=O)NC(C(=O)N1C[C@@H](C)C[C@H]1c1nc2c(ccc3cc(-c4ccc(N(Cl)C(=O)c5ccc(N6CCN(C(=O)OC(C)(C)C)CC6C)nc5)cc4OC(F)(F)F)ccc32)[nH]1)C1CCOCC1. The van der Waals surface area contributed by atoms with Gasteiger partial charge in [-0.25, -0.2) is 24.0 Å². The summed E-state index contributed by atoms with van der Waals surface area (Å²) in [6, 6.07) is 14.5. The van der Waals surface area contributed by atoms with Crippen LogP contribution in [0.2, 0.25) is 0 Å². The van der Waals surface area contributed by atoms with Gasteiger partial charge in [0.1, 0.15) is 29.0 Å². The Kier molecular flexibility index (Phi) is 13.7. The summed E-state index contributed by atoms with van der Waals surface area (Å²) >= 11 is 6.53. The summed E-state index contributed by atoms with van der Waals surface area (Å²) in [4.78, 5) is 71.2. The third kappa shape index (κ3) is 10.5. The molecule has 8 rings (SSSR count). The third-order valence-corrected chi connectivity index (χ3v) is 12.9. The molecule has 0 saturated carbocycles. The monoisotopic (exact) mass is 962 g/mol. The molecule has 3 aliphatic rings. The van der Waals surface area contributed by atoms with E-state index in [1.165, 1.54) is 31.5 Å². The van der Waals surface area contributed by atoms with E-state index in [0.29, 0.717) is 96.7 Å². The van der Waals surface area contributed by atoms with Crippen molar-refractivity contribution in [2.24, 2.45) is 11.8 Å². The molecule has 0 bridgehead atoms. The van der Waals surface area contributed by atoms with Crippen LogP contribution in [0.3, 0.4) is 0 Å². The Morgan fingerprint density at radius 2 is 1.74 bits per heavy atom. The van der Waals surface area contributed by atoms with E-state index in [9.17, 15) is 32.3 Å². The largest absolute Gasteiger partial charge is 0.573 e. The van der Waals surface area contributed by atoms with Gasteiger partial charge in [0.05, 0.1) is 35.4 Å². The van der Waals surface area contributed by atoms with Crippen molar-refractivity contribution in [1.82, 2.24) is 30.1 Å². The van der Waals surface area contributed by atoms with E-state index in [1.54, 1.807) is 34.1 Å². The number of aromatic nitrogens is 3. The van der Waals surface area contributed by atoms with Crippen LogP contribution < -0.4 is 19.4 Å². The van der Waals surface area contributed by atoms with E-state index in [1.807, 2.05) is 44.7 Å². The minimum absolute atomic E-state index is 0.0731. The summed E-state index contributed by atoms with van der Waals surface area (Å²) in [5.74, 6) is -0.370. The second-order valence-corrected chi connectivity index (χ2v) is 19.0. The molecule has 2 N–H and O–H groups in total. The number of alkyl carbamates (subject to hydrolysis) is 1. The van der Waals surface area contributed by atoms with Crippen LogP contribution in [0.1, 0.15) is 76.1 Å². The molecule has 3 aliphatic heterocycles. The summed E-state index contributed by atoms with van der Waals surface area (Å²) in [6.45, 7) is 12.2. The number of ether oxygens (including phenoxy) is 4. The van der Waals surface area contributed by atoms with Crippen molar-refractivity contribution in [2.45, 2.75) is 84.0 Å². The van der Waals surface area contributed by atoms with Gasteiger partial charge in [0.2, 0.25) is 5.91 Å². The van der Waals surface area contributed by atoms with Crippen molar-refractivity contribution >= 4 is 69.1 Å². The molecular weight excluding hydrogens is 909 g/mol. The number of amides is 4. The van der Waals surface area contributed by atoms with Gasteiger partial charge in [0.25, 0.3) is 5.91 Å². The number of carbonyl (C=O) groups is 4. The number of carbonyl (C=O) groups excluding carboxylic acids is 4. The number of imidazole rings is 1. The van der Waals surface area contributed by atoms with Crippen LogP contribution in [-0.2, 0) is 19.0 Å². The Balaban J connectivity index is 1.01. The number of benzene rings is 3. The Hall–Kier alpha value is -6.34. The van der Waals surface area contributed by atoms with Crippen LogP contribution in [0, 0.1) is 11.8 Å². The molecule has 5 aromatic rings. The van der Waals surface area contributed by atoms with Crippen LogP contribution in [0.25, 0.3) is 32.9 Å². The maximum Gasteiger partial charge on any atom is 0.573 e. The molecule has 2 unspecified atom stereocenters. The van der Waals surface area contributed by atoms with E-state index >= 15 is 0 Å². The first kappa shape index (κ1) is 48.1. The number of H-pyrrole nitrogens is 1. The predicted molar refractivity (Wildman–Crippen MR) is 248 cm³/mol. The van der Waals surface area contributed by atoms with Gasteiger partial charge >= 0.3 is 18.5 Å². The first-order chi connectivity index (χ1) is 32.3. The zero-order valence-electron chi connectivity index (χ0n) is 38.6. The number of aromatic amines is 1. The van der Waals surface area contributed by atoms with Gasteiger partial charge in [-0.1, -0.05) is 25.1 Å². The fourth-order valence-corrected chi connectivity index (χ4v) is 9.48. The van der Waals surface area contributed by atoms with E-state index in [4.69, 9.17) is 31.0 Å². The number of methoxy groups -OCH3 is 1. The van der Waals surface area contributed by atoms with Gasteiger partial charge in [-0.15, -0.1) is 13.2 Å². The smallest absolute Gasteiger partial charge is 0.453 e. The number of rotatable bonds is 9. The van der Waals surface area contributed by atoms with Gasteiger partial charge in [0, 0.05) is 80.4 Å². The average Bonchev–Trinajstić information content (AvgIpc) is 3.93. The van der Waals surface area contributed by atoms with Gasteiger partial charge in [-0.2, -0.15) is 0 Å². The number of likely N-dealkylation sites (tertiary alicyclic amines) is 1. The lowest BCUT2D eigenvalue weighted by atomic mass is 9.90. The number of hydrogen-bond acceptors (Lipinski definition) is 11. The Bertz CT molecular complexity index is 2690. The standard InChI is InChI=1S/C48H54ClF3N8O8/c1-27-21-37(59(25-27)44(62)40(56-45(63)65-6)29-15-19-66-20-16-29)42-54-36-13-8-31-22-30(7-11-35(31)41(36)55-42)34-12-10-33(23-38(34)67-48(50,51)52)60(49)43(61)32-9-14-39(53-24-32)58-18-17-57(26-28(58)2)46(64)68-47(3,4)5/h7-14,22-24,27-29,37,40H,15-21,25-26H2,1-6H3,(H,54,55)(H,56,63)/t27-,28?,37-,40?/m0/s1. The number of nitrogens with one attached hydrogen (secondary N) is 2. The number of piperazine rings is 1. The quantitative estimate of drug-likeness (QED) is 0.135. The summed E-state index contributed by atoms with van der Waals surface area (Å²) < 4.78 is 63.1. The molecule has 68 heavy (non-hydrogen) atoms. The van der Waals surface area contributed by atoms with Gasteiger partial charge in [-0.3, -0.25) is 9.59 Å². The number of halogens is 4. The Labute approximate surface area is 396 Å². The zero-order chi connectivity index (χ0) is 48.7. The van der Waals surface area contributed by atoms with Crippen LogP contribution in [-0.4, -0.2) is 119 Å². The summed E-state index contributed by atoms with van der Waals surface area (Å²) in [6.07, 6.45) is -2.96. The summed E-state index contributed by atoms with van der Waals surface area (Å²) in [5.41, 5.74) is 1.19. The molecule has 3 fully saturated rings. The Morgan fingerprint density at radius 3 is 2.41 bits per heavy atom. The highest BCUT2D eigenvalue weighted by molar-refractivity contribution is 6.39. The molecular formula is C48H54ClF3N8O8. The lowest BCUT2D eigenvalue weighted by Gasteiger charge is -2.40. The van der Waals surface area contributed by atoms with Gasteiger partial charge in [0.15, 0.2) is 0 Å².